The van der Waals surface area contributed by atoms with Crippen LogP contribution in [-0.2, 0) is 20.7 Å². The van der Waals surface area contributed by atoms with Gasteiger partial charge in [-0.2, -0.15) is 0 Å². The van der Waals surface area contributed by atoms with E-state index in [-0.39, 0.29) is 12.0 Å². The number of hydrogen-bond acceptors (Lipinski definition) is 5. The van der Waals surface area contributed by atoms with E-state index in [4.69, 9.17) is 9.47 Å². The first-order valence-electron chi connectivity index (χ1n) is 9.39. The number of likely N-dealkylation sites (tertiary alicyclic amines) is 1. The summed E-state index contributed by atoms with van der Waals surface area (Å²) in [6.45, 7) is 7.09. The maximum atomic E-state index is 12.7. The molecule has 1 amide bonds. The minimum atomic E-state index is 0.189. The third-order valence-corrected chi connectivity index (χ3v) is 5.76. The van der Waals surface area contributed by atoms with Crippen LogP contribution in [0, 0.1) is 11.8 Å². The van der Waals surface area contributed by atoms with Gasteiger partial charge in [0.2, 0.25) is 5.91 Å². The van der Waals surface area contributed by atoms with Crippen LogP contribution in [0.1, 0.15) is 12.1 Å². The van der Waals surface area contributed by atoms with Gasteiger partial charge in [0, 0.05) is 50.5 Å². The number of carbonyl (C=O) groups excluding carboxylic acids is 1. The zero-order chi connectivity index (χ0) is 17.1. The van der Waals surface area contributed by atoms with Gasteiger partial charge in [-0.3, -0.25) is 14.7 Å². The molecule has 1 aromatic heterocycles. The highest BCUT2D eigenvalue weighted by Gasteiger charge is 2.42. The number of nitrogens with zero attached hydrogens (tertiary/aromatic N) is 3. The van der Waals surface area contributed by atoms with E-state index in [9.17, 15) is 4.79 Å². The number of rotatable bonds is 4. The van der Waals surface area contributed by atoms with Crippen LogP contribution in [0.3, 0.4) is 0 Å². The maximum Gasteiger partial charge on any atom is 0.228 e. The minimum absolute atomic E-state index is 0.189. The van der Waals surface area contributed by atoms with E-state index in [1.165, 1.54) is 0 Å². The number of hydrogen-bond donors (Lipinski definition) is 0. The number of fused-ring (bicyclic) bond motifs is 1. The number of aromatic nitrogens is 1. The molecule has 0 aromatic carbocycles. The number of amides is 1. The maximum absolute atomic E-state index is 12.7. The molecule has 4 heterocycles. The van der Waals surface area contributed by atoms with Gasteiger partial charge in [-0.05, 0) is 24.5 Å². The van der Waals surface area contributed by atoms with Crippen molar-refractivity contribution in [1.29, 1.82) is 0 Å². The molecule has 6 nitrogen and oxygen atoms in total. The minimum Gasteiger partial charge on any atom is -0.379 e. The third-order valence-electron chi connectivity index (χ3n) is 5.76. The summed E-state index contributed by atoms with van der Waals surface area (Å²) in [5.74, 6) is 1.25. The summed E-state index contributed by atoms with van der Waals surface area (Å²) in [4.78, 5) is 21.4. The molecule has 0 spiro atoms. The Morgan fingerprint density at radius 1 is 1.24 bits per heavy atom. The molecular formula is C19H27N3O3. The number of carbonyl (C=O) groups is 1. The number of pyridine rings is 1. The van der Waals surface area contributed by atoms with Crippen LogP contribution in [0.15, 0.2) is 24.4 Å². The van der Waals surface area contributed by atoms with Crippen LogP contribution < -0.4 is 0 Å². The first kappa shape index (κ1) is 16.9. The third kappa shape index (κ3) is 4.02. The molecular weight excluding hydrogens is 318 g/mol. The molecule has 0 saturated carbocycles. The lowest BCUT2D eigenvalue weighted by Gasteiger charge is -2.37. The predicted molar refractivity (Wildman–Crippen MR) is 93.1 cm³/mol. The topological polar surface area (TPSA) is 54.9 Å². The van der Waals surface area contributed by atoms with E-state index < -0.39 is 0 Å². The molecule has 3 fully saturated rings. The number of piperidine rings is 1. The Balaban J connectivity index is 1.35. The highest BCUT2D eigenvalue weighted by Crippen LogP contribution is 2.34. The summed E-state index contributed by atoms with van der Waals surface area (Å²) in [6.07, 6.45) is 3.44. The monoisotopic (exact) mass is 345 g/mol. The molecule has 3 aliphatic heterocycles. The molecule has 25 heavy (non-hydrogen) atoms. The normalized spacial score (nSPS) is 30.2. The Morgan fingerprint density at radius 3 is 2.92 bits per heavy atom. The molecule has 136 valence electrons. The lowest BCUT2D eigenvalue weighted by Crippen LogP contribution is -2.49. The van der Waals surface area contributed by atoms with Gasteiger partial charge in [0.05, 0.1) is 32.3 Å². The van der Waals surface area contributed by atoms with Gasteiger partial charge >= 0.3 is 0 Å². The standard InChI is InChI=1S/C19H27N3O3/c23-19(11-16-3-1-2-5-20-16)22-6-4-15-14-25-18(17(15)12-22)13-21-7-9-24-10-8-21/h1-3,5,15,17-18H,4,6-14H2/t15-,17-,18+/m0/s1. The van der Waals surface area contributed by atoms with Crippen LogP contribution in [-0.4, -0.2) is 79.3 Å². The Bertz CT molecular complexity index is 577. The summed E-state index contributed by atoms with van der Waals surface area (Å²) < 4.78 is 11.6. The van der Waals surface area contributed by atoms with Crippen LogP contribution in [0.2, 0.25) is 0 Å². The van der Waals surface area contributed by atoms with Crippen molar-refractivity contribution in [3.05, 3.63) is 30.1 Å². The van der Waals surface area contributed by atoms with E-state index in [0.717, 1.165) is 64.7 Å². The summed E-state index contributed by atoms with van der Waals surface area (Å²) in [5.41, 5.74) is 0.849. The Morgan fingerprint density at radius 2 is 2.12 bits per heavy atom. The average molecular weight is 345 g/mol. The Kier molecular flexibility index (Phi) is 5.29. The van der Waals surface area contributed by atoms with Gasteiger partial charge in [0.1, 0.15) is 0 Å². The fourth-order valence-electron chi connectivity index (χ4n) is 4.25. The van der Waals surface area contributed by atoms with Crippen molar-refractivity contribution in [1.82, 2.24) is 14.8 Å². The molecule has 4 rings (SSSR count). The second-order valence-electron chi connectivity index (χ2n) is 7.33. The van der Waals surface area contributed by atoms with Crippen LogP contribution >= 0.6 is 0 Å². The zero-order valence-electron chi connectivity index (χ0n) is 14.7. The van der Waals surface area contributed by atoms with Crippen molar-refractivity contribution in [3.63, 3.8) is 0 Å². The molecule has 0 unspecified atom stereocenters. The quantitative estimate of drug-likeness (QED) is 0.809. The van der Waals surface area contributed by atoms with E-state index in [1.54, 1.807) is 6.20 Å². The number of morpholine rings is 1. The molecule has 3 saturated heterocycles. The lowest BCUT2D eigenvalue weighted by atomic mass is 9.84. The predicted octanol–water partition coefficient (Wildman–Crippen LogP) is 0.820. The highest BCUT2D eigenvalue weighted by molar-refractivity contribution is 5.78. The van der Waals surface area contributed by atoms with Crippen molar-refractivity contribution in [3.8, 4) is 0 Å². The van der Waals surface area contributed by atoms with E-state index >= 15 is 0 Å². The van der Waals surface area contributed by atoms with Gasteiger partial charge in [-0.15, -0.1) is 0 Å². The smallest absolute Gasteiger partial charge is 0.228 e. The molecule has 0 radical (unpaired) electrons. The molecule has 3 atom stereocenters. The van der Waals surface area contributed by atoms with Crippen molar-refractivity contribution < 1.29 is 14.3 Å². The Hall–Kier alpha value is -1.50. The molecule has 3 aliphatic rings. The molecule has 0 bridgehead atoms. The fourth-order valence-corrected chi connectivity index (χ4v) is 4.25. The van der Waals surface area contributed by atoms with E-state index in [1.807, 2.05) is 23.1 Å². The SMILES string of the molecule is O=C(Cc1ccccn1)N1CC[C@H]2CO[C@H](CN3CCOCC3)[C@H]2C1. The van der Waals surface area contributed by atoms with Gasteiger partial charge in [0.15, 0.2) is 0 Å². The highest BCUT2D eigenvalue weighted by atomic mass is 16.5. The summed E-state index contributed by atoms with van der Waals surface area (Å²) in [5, 5.41) is 0. The van der Waals surface area contributed by atoms with Gasteiger partial charge in [-0.1, -0.05) is 6.07 Å². The summed E-state index contributed by atoms with van der Waals surface area (Å²) in [6, 6.07) is 5.74. The second-order valence-corrected chi connectivity index (χ2v) is 7.33. The molecule has 1 aromatic rings. The van der Waals surface area contributed by atoms with E-state index in [0.29, 0.717) is 18.3 Å². The van der Waals surface area contributed by atoms with Crippen LogP contribution in [0.25, 0.3) is 0 Å². The van der Waals surface area contributed by atoms with Gasteiger partial charge < -0.3 is 14.4 Å². The first-order chi connectivity index (χ1) is 12.3. The van der Waals surface area contributed by atoms with E-state index in [2.05, 4.69) is 9.88 Å². The molecule has 0 aliphatic carbocycles. The molecule has 6 heteroatoms. The van der Waals surface area contributed by atoms with Crippen LogP contribution in [0.4, 0.5) is 0 Å². The van der Waals surface area contributed by atoms with Crippen molar-refractivity contribution >= 4 is 5.91 Å². The molecule has 0 N–H and O–H groups in total. The summed E-state index contributed by atoms with van der Waals surface area (Å²) >= 11 is 0. The Labute approximate surface area is 149 Å². The largest absolute Gasteiger partial charge is 0.379 e. The summed E-state index contributed by atoms with van der Waals surface area (Å²) in [7, 11) is 0. The van der Waals surface area contributed by atoms with Crippen molar-refractivity contribution in [2.75, 3.05) is 52.5 Å². The lowest BCUT2D eigenvalue weighted by molar-refractivity contribution is -0.133. The average Bonchev–Trinajstić information content (AvgIpc) is 3.05. The zero-order valence-corrected chi connectivity index (χ0v) is 14.7. The second kappa shape index (κ2) is 7.81. The van der Waals surface area contributed by atoms with Gasteiger partial charge in [0.25, 0.3) is 0 Å². The van der Waals surface area contributed by atoms with Crippen LogP contribution in [0.5, 0.6) is 0 Å². The van der Waals surface area contributed by atoms with Crippen molar-refractivity contribution in [2.24, 2.45) is 11.8 Å². The van der Waals surface area contributed by atoms with Gasteiger partial charge in [-0.25, -0.2) is 0 Å². The fraction of sp³-hybridized carbons (Fsp3) is 0.684. The first-order valence-corrected chi connectivity index (χ1v) is 9.39. The van der Waals surface area contributed by atoms with Crippen molar-refractivity contribution in [2.45, 2.75) is 18.9 Å². The number of ether oxygens (including phenoxy) is 2.